The van der Waals surface area contributed by atoms with Crippen molar-refractivity contribution in [2.24, 2.45) is 11.3 Å². The molecule has 2 unspecified atom stereocenters. The van der Waals surface area contributed by atoms with Gasteiger partial charge in [0, 0.05) is 0 Å². The van der Waals surface area contributed by atoms with Crippen molar-refractivity contribution in [3.05, 3.63) is 35.4 Å². The Bertz CT molecular complexity index is 479. The molecule has 2 atom stereocenters. The molecule has 0 aliphatic heterocycles. The third-order valence-electron chi connectivity index (χ3n) is 3.97. The maximum atomic E-state index is 12.0. The molecule has 1 saturated carbocycles. The third kappa shape index (κ3) is 3.83. The summed E-state index contributed by atoms with van der Waals surface area (Å²) in [5.41, 5.74) is 1.71. The number of hydrogen-bond acceptors (Lipinski definition) is 3. The van der Waals surface area contributed by atoms with Gasteiger partial charge in [0.2, 0.25) is 0 Å². The number of hydrogen-bond donors (Lipinski definition) is 0. The summed E-state index contributed by atoms with van der Waals surface area (Å²) in [5, 5.41) is 0. The first kappa shape index (κ1) is 15.0. The predicted octanol–water partition coefficient (Wildman–Crippen LogP) is 4.30. The molecule has 0 saturated heterocycles. The lowest BCUT2D eigenvalue weighted by molar-refractivity contribution is -0.287. The molecule has 3 heteroatoms. The second-order valence-electron chi connectivity index (χ2n) is 6.82. The molecule has 0 bridgehead atoms. The lowest BCUT2D eigenvalue weighted by Crippen LogP contribution is -2.33. The van der Waals surface area contributed by atoms with Crippen LogP contribution in [0, 0.1) is 18.3 Å². The quantitative estimate of drug-likeness (QED) is 0.610. The van der Waals surface area contributed by atoms with Crippen molar-refractivity contribution in [1.29, 1.82) is 0 Å². The van der Waals surface area contributed by atoms with Gasteiger partial charge in [-0.3, -0.25) is 4.89 Å². The Hall–Kier alpha value is -1.35. The SMILES string of the molecule is Cc1ccccc1C(=O)OOC1CC(C)CC(C)(C)C1. The maximum Gasteiger partial charge on any atom is 0.373 e. The van der Waals surface area contributed by atoms with Crippen LogP contribution in [-0.4, -0.2) is 12.1 Å². The molecule has 3 nitrogen and oxygen atoms in total. The molecule has 1 fully saturated rings. The summed E-state index contributed by atoms with van der Waals surface area (Å²) < 4.78 is 0. The summed E-state index contributed by atoms with van der Waals surface area (Å²) >= 11 is 0. The van der Waals surface area contributed by atoms with Crippen molar-refractivity contribution in [3.63, 3.8) is 0 Å². The molecule has 1 aromatic carbocycles. The van der Waals surface area contributed by atoms with Crippen LogP contribution >= 0.6 is 0 Å². The van der Waals surface area contributed by atoms with Gasteiger partial charge in [-0.1, -0.05) is 39.0 Å². The smallest absolute Gasteiger partial charge is 0.293 e. The first-order chi connectivity index (χ1) is 9.37. The summed E-state index contributed by atoms with van der Waals surface area (Å²) in [4.78, 5) is 22.5. The fourth-order valence-corrected chi connectivity index (χ4v) is 3.29. The maximum absolute atomic E-state index is 12.0. The number of aryl methyl sites for hydroxylation is 1. The van der Waals surface area contributed by atoms with E-state index in [-0.39, 0.29) is 11.5 Å². The summed E-state index contributed by atoms with van der Waals surface area (Å²) in [6, 6.07) is 7.38. The van der Waals surface area contributed by atoms with E-state index in [0.29, 0.717) is 11.5 Å². The molecule has 20 heavy (non-hydrogen) atoms. The van der Waals surface area contributed by atoms with Crippen molar-refractivity contribution in [2.45, 2.75) is 53.1 Å². The summed E-state index contributed by atoms with van der Waals surface area (Å²) in [7, 11) is 0. The Morgan fingerprint density at radius 1 is 1.25 bits per heavy atom. The molecule has 0 aromatic heterocycles. The van der Waals surface area contributed by atoms with Gasteiger partial charge in [-0.2, -0.15) is 4.89 Å². The van der Waals surface area contributed by atoms with Gasteiger partial charge in [-0.25, -0.2) is 4.79 Å². The Balaban J connectivity index is 1.92. The molecule has 1 aromatic rings. The van der Waals surface area contributed by atoms with Gasteiger partial charge in [0.15, 0.2) is 0 Å². The molecular formula is C17H24O3. The zero-order valence-electron chi connectivity index (χ0n) is 12.8. The Morgan fingerprint density at radius 2 is 1.95 bits per heavy atom. The minimum absolute atomic E-state index is 0.00159. The lowest BCUT2D eigenvalue weighted by Gasteiger charge is -2.37. The average Bonchev–Trinajstić information content (AvgIpc) is 2.34. The molecule has 0 heterocycles. The van der Waals surface area contributed by atoms with Gasteiger partial charge < -0.3 is 0 Å². The van der Waals surface area contributed by atoms with Gasteiger partial charge in [-0.15, -0.1) is 0 Å². The largest absolute Gasteiger partial charge is 0.373 e. The van der Waals surface area contributed by atoms with Crippen LogP contribution in [0.5, 0.6) is 0 Å². The molecule has 110 valence electrons. The van der Waals surface area contributed by atoms with Crippen LogP contribution in [0.1, 0.15) is 56.0 Å². The van der Waals surface area contributed by atoms with Crippen molar-refractivity contribution in [3.8, 4) is 0 Å². The van der Waals surface area contributed by atoms with E-state index in [1.54, 1.807) is 6.07 Å². The zero-order valence-corrected chi connectivity index (χ0v) is 12.8. The van der Waals surface area contributed by atoms with E-state index in [4.69, 9.17) is 9.78 Å². The minimum Gasteiger partial charge on any atom is -0.293 e. The highest BCUT2D eigenvalue weighted by molar-refractivity contribution is 5.90. The number of carbonyl (C=O) groups is 1. The van der Waals surface area contributed by atoms with Crippen LogP contribution in [0.25, 0.3) is 0 Å². The van der Waals surface area contributed by atoms with E-state index in [0.717, 1.165) is 18.4 Å². The first-order valence-electron chi connectivity index (χ1n) is 7.31. The fraction of sp³-hybridized carbons (Fsp3) is 0.588. The van der Waals surface area contributed by atoms with E-state index >= 15 is 0 Å². The topological polar surface area (TPSA) is 35.5 Å². The Kier molecular flexibility index (Phi) is 4.48. The molecule has 0 amide bonds. The average molecular weight is 276 g/mol. The molecule has 2 rings (SSSR count). The number of benzene rings is 1. The van der Waals surface area contributed by atoms with Crippen LogP contribution in [-0.2, 0) is 9.78 Å². The fourth-order valence-electron chi connectivity index (χ4n) is 3.29. The molecule has 0 radical (unpaired) electrons. The van der Waals surface area contributed by atoms with E-state index in [1.807, 2.05) is 25.1 Å². The van der Waals surface area contributed by atoms with Crippen LogP contribution in [0.3, 0.4) is 0 Å². The summed E-state index contributed by atoms with van der Waals surface area (Å²) in [6.07, 6.45) is 3.07. The normalized spacial score (nSPS) is 25.2. The predicted molar refractivity (Wildman–Crippen MR) is 78.3 cm³/mol. The monoisotopic (exact) mass is 276 g/mol. The molecule has 0 N–H and O–H groups in total. The highest BCUT2D eigenvalue weighted by Crippen LogP contribution is 2.39. The first-order valence-corrected chi connectivity index (χ1v) is 7.31. The van der Waals surface area contributed by atoms with Crippen LogP contribution in [0.2, 0.25) is 0 Å². The van der Waals surface area contributed by atoms with Crippen molar-refractivity contribution in [2.75, 3.05) is 0 Å². The van der Waals surface area contributed by atoms with Gasteiger partial charge in [0.1, 0.15) is 6.10 Å². The molecular weight excluding hydrogens is 252 g/mol. The number of carbonyl (C=O) groups excluding carboxylic acids is 1. The number of rotatable bonds is 3. The third-order valence-corrected chi connectivity index (χ3v) is 3.97. The second-order valence-corrected chi connectivity index (χ2v) is 6.82. The van der Waals surface area contributed by atoms with Crippen molar-refractivity contribution < 1.29 is 14.6 Å². The zero-order chi connectivity index (χ0) is 14.8. The van der Waals surface area contributed by atoms with Crippen LogP contribution < -0.4 is 0 Å². The van der Waals surface area contributed by atoms with Crippen LogP contribution in [0.4, 0.5) is 0 Å². The highest BCUT2D eigenvalue weighted by Gasteiger charge is 2.33. The Morgan fingerprint density at radius 3 is 2.60 bits per heavy atom. The standard InChI is InChI=1S/C17H24O3/c1-12-9-14(11-17(3,4)10-12)19-20-16(18)15-8-6-5-7-13(15)2/h5-8,12,14H,9-11H2,1-4H3. The van der Waals surface area contributed by atoms with E-state index in [9.17, 15) is 4.79 Å². The van der Waals surface area contributed by atoms with Gasteiger partial charge >= 0.3 is 5.97 Å². The Labute approximate surface area is 121 Å². The molecule has 0 spiro atoms. The second kappa shape index (κ2) is 5.96. The van der Waals surface area contributed by atoms with E-state index in [2.05, 4.69) is 20.8 Å². The van der Waals surface area contributed by atoms with Gasteiger partial charge in [0.25, 0.3) is 0 Å². The van der Waals surface area contributed by atoms with Crippen molar-refractivity contribution >= 4 is 5.97 Å². The van der Waals surface area contributed by atoms with E-state index < -0.39 is 5.97 Å². The lowest BCUT2D eigenvalue weighted by atomic mass is 9.71. The summed E-state index contributed by atoms with van der Waals surface area (Å²) in [6.45, 7) is 8.59. The molecule has 1 aliphatic carbocycles. The van der Waals surface area contributed by atoms with Gasteiger partial charge in [-0.05, 0) is 49.1 Å². The van der Waals surface area contributed by atoms with Gasteiger partial charge in [0.05, 0.1) is 5.56 Å². The van der Waals surface area contributed by atoms with E-state index in [1.165, 1.54) is 6.42 Å². The summed E-state index contributed by atoms with van der Waals surface area (Å²) in [5.74, 6) is 0.194. The minimum atomic E-state index is -0.404. The molecule has 1 aliphatic rings. The highest BCUT2D eigenvalue weighted by atomic mass is 17.2. The van der Waals surface area contributed by atoms with Crippen molar-refractivity contribution in [1.82, 2.24) is 0 Å². The van der Waals surface area contributed by atoms with Crippen LogP contribution in [0.15, 0.2) is 24.3 Å².